The maximum atomic E-state index is 6.71. The van der Waals surface area contributed by atoms with E-state index in [2.05, 4.69) is 163 Å². The van der Waals surface area contributed by atoms with Crippen LogP contribution >= 0.6 is 0 Å². The first-order chi connectivity index (χ1) is 27.7. The zero-order valence-corrected chi connectivity index (χ0v) is 30.5. The SMILES string of the molecule is C1=CC(c2ccc(-c3ccc4ccccc4c3)cc2)=NC(c2cc3oc4ccc(-c5cccc6ccccc56)cc4c3c3c2C=CCC3)=NC=1c1ccccc1. The Balaban J connectivity index is 1.06. The van der Waals surface area contributed by atoms with Crippen LogP contribution in [0.15, 0.2) is 196 Å². The van der Waals surface area contributed by atoms with Crippen LogP contribution in [0.5, 0.6) is 0 Å². The molecule has 0 bridgehead atoms. The van der Waals surface area contributed by atoms with Gasteiger partial charge >= 0.3 is 0 Å². The van der Waals surface area contributed by atoms with Crippen molar-refractivity contribution in [3.05, 3.63) is 209 Å². The van der Waals surface area contributed by atoms with Gasteiger partial charge in [0.15, 0.2) is 5.84 Å². The van der Waals surface area contributed by atoms with Gasteiger partial charge in [-0.1, -0.05) is 157 Å². The molecule has 0 spiro atoms. The van der Waals surface area contributed by atoms with Crippen molar-refractivity contribution in [3.63, 3.8) is 0 Å². The Hall–Kier alpha value is -7.32. The third-order valence-corrected chi connectivity index (χ3v) is 11.2. The van der Waals surface area contributed by atoms with Crippen molar-refractivity contribution in [2.24, 2.45) is 9.98 Å². The summed E-state index contributed by atoms with van der Waals surface area (Å²) in [6, 6.07) is 57.9. The molecule has 8 aromatic carbocycles. The topological polar surface area (TPSA) is 37.9 Å². The molecule has 0 saturated heterocycles. The van der Waals surface area contributed by atoms with Gasteiger partial charge < -0.3 is 4.42 Å². The van der Waals surface area contributed by atoms with Crippen LogP contribution in [0, 0.1) is 0 Å². The number of amidine groups is 1. The van der Waals surface area contributed by atoms with E-state index in [1.165, 1.54) is 49.2 Å². The fourth-order valence-corrected chi connectivity index (χ4v) is 8.40. The summed E-state index contributed by atoms with van der Waals surface area (Å²) < 4.78 is 6.71. The second-order valence-electron chi connectivity index (χ2n) is 14.5. The Morgan fingerprint density at radius 3 is 2.14 bits per heavy atom. The Morgan fingerprint density at radius 2 is 1.25 bits per heavy atom. The third-order valence-electron chi connectivity index (χ3n) is 11.2. The van der Waals surface area contributed by atoms with Crippen LogP contribution in [-0.2, 0) is 6.42 Å². The lowest BCUT2D eigenvalue weighted by molar-refractivity contribution is 0.668. The molecule has 0 radical (unpaired) electrons. The second kappa shape index (κ2) is 13.2. The van der Waals surface area contributed by atoms with Crippen LogP contribution in [0.4, 0.5) is 0 Å². The second-order valence-corrected chi connectivity index (χ2v) is 14.5. The Labute approximate surface area is 324 Å². The van der Waals surface area contributed by atoms with Gasteiger partial charge in [-0.25, -0.2) is 9.98 Å². The molecule has 0 saturated carbocycles. The van der Waals surface area contributed by atoms with Crippen LogP contribution in [-0.4, -0.2) is 11.5 Å². The summed E-state index contributed by atoms with van der Waals surface area (Å²) in [6.45, 7) is 0. The summed E-state index contributed by atoms with van der Waals surface area (Å²) in [4.78, 5) is 10.6. The van der Waals surface area contributed by atoms with Gasteiger partial charge in [-0.2, -0.15) is 0 Å². The van der Waals surface area contributed by atoms with Gasteiger partial charge in [0.05, 0.1) is 5.71 Å². The molecule has 0 N–H and O–H groups in total. The molecule has 0 atom stereocenters. The van der Waals surface area contributed by atoms with Gasteiger partial charge in [-0.05, 0) is 92.0 Å². The molecule has 3 nitrogen and oxygen atoms in total. The fourth-order valence-electron chi connectivity index (χ4n) is 8.40. The van der Waals surface area contributed by atoms with E-state index in [1.54, 1.807) is 0 Å². The van der Waals surface area contributed by atoms with E-state index >= 15 is 0 Å². The summed E-state index contributed by atoms with van der Waals surface area (Å²) in [7, 11) is 0. The van der Waals surface area contributed by atoms with E-state index in [1.807, 2.05) is 24.3 Å². The highest BCUT2D eigenvalue weighted by atomic mass is 16.3. The predicted octanol–water partition coefficient (Wildman–Crippen LogP) is 13.6. The molecule has 9 aromatic rings. The third kappa shape index (κ3) is 5.53. The number of benzene rings is 8. The number of furan rings is 1. The summed E-state index contributed by atoms with van der Waals surface area (Å²) in [5.41, 5.74) is 16.9. The van der Waals surface area contributed by atoms with Crippen LogP contribution in [0.2, 0.25) is 0 Å². The van der Waals surface area contributed by atoms with E-state index in [0.29, 0.717) is 5.84 Å². The number of aryl methyl sites for hydroxylation is 1. The number of fused-ring (bicyclic) bond motifs is 7. The molecule has 0 amide bonds. The first-order valence-electron chi connectivity index (χ1n) is 19.2. The molecule has 3 heteroatoms. The Bertz CT molecular complexity index is 3200. The summed E-state index contributed by atoms with van der Waals surface area (Å²) in [5, 5.41) is 7.25. The first kappa shape index (κ1) is 32.1. The summed E-state index contributed by atoms with van der Waals surface area (Å²) in [5.74, 6) is 0.639. The molecule has 56 heavy (non-hydrogen) atoms. The minimum atomic E-state index is 0.639. The molecule has 2 heterocycles. The van der Waals surface area contributed by atoms with Gasteiger partial charge in [-0.15, -0.1) is 0 Å². The lowest BCUT2D eigenvalue weighted by Gasteiger charge is -2.17. The van der Waals surface area contributed by atoms with Crippen molar-refractivity contribution < 1.29 is 4.42 Å². The highest BCUT2D eigenvalue weighted by Gasteiger charge is 2.23. The standard InChI is InChI=1S/C53H34N2O/c1-2-13-37(14-3-1)48-28-29-49(38-24-21-35(22-25-38)40-26-23-34-11-4-5-15-39(34)31-40)55-53(54-48)46-33-51-52(45-19-9-8-18-44(45)46)47-32-41(27-30-50(47)56-51)43-20-10-16-36-12-6-7-17-42(36)43/h1-8,10-18,20-27,29-33H,9,19H2. The van der Waals surface area contributed by atoms with Crippen molar-refractivity contribution in [2.45, 2.75) is 12.8 Å². The first-order valence-corrected chi connectivity index (χ1v) is 19.2. The molecule has 0 fully saturated rings. The molecule has 1 aliphatic carbocycles. The number of allylic oxidation sites excluding steroid dienone is 2. The van der Waals surface area contributed by atoms with E-state index < -0.39 is 0 Å². The monoisotopic (exact) mass is 714 g/mol. The molecule has 2 aliphatic rings. The predicted molar refractivity (Wildman–Crippen MR) is 234 cm³/mol. The van der Waals surface area contributed by atoms with Crippen molar-refractivity contribution in [2.75, 3.05) is 0 Å². The fraction of sp³-hybridized carbons (Fsp3) is 0.0377. The van der Waals surface area contributed by atoms with Gasteiger partial charge in [0.2, 0.25) is 0 Å². The Kier molecular flexibility index (Phi) is 7.58. The van der Waals surface area contributed by atoms with E-state index in [0.717, 1.165) is 68.6 Å². The lowest BCUT2D eigenvalue weighted by atomic mass is 9.88. The van der Waals surface area contributed by atoms with E-state index in [9.17, 15) is 0 Å². The van der Waals surface area contributed by atoms with Crippen molar-refractivity contribution in [1.29, 1.82) is 0 Å². The molecular weight excluding hydrogens is 681 g/mol. The van der Waals surface area contributed by atoms with Crippen LogP contribution in [0.1, 0.15) is 34.2 Å². The summed E-state index contributed by atoms with van der Waals surface area (Å²) in [6.07, 6.45) is 8.36. The van der Waals surface area contributed by atoms with Crippen LogP contribution in [0.25, 0.3) is 77.5 Å². The number of rotatable bonds is 5. The summed E-state index contributed by atoms with van der Waals surface area (Å²) >= 11 is 0. The maximum absolute atomic E-state index is 6.71. The number of hydrogen-bond acceptors (Lipinski definition) is 3. The molecular formula is C53H34N2O. The van der Waals surface area contributed by atoms with Crippen molar-refractivity contribution >= 4 is 66.8 Å². The highest BCUT2D eigenvalue weighted by molar-refractivity contribution is 6.21. The van der Waals surface area contributed by atoms with Gasteiger partial charge in [-0.3, -0.25) is 0 Å². The minimum Gasteiger partial charge on any atom is -0.456 e. The number of hydrogen-bond donors (Lipinski definition) is 0. The van der Waals surface area contributed by atoms with Crippen LogP contribution < -0.4 is 0 Å². The molecule has 262 valence electrons. The zero-order chi connectivity index (χ0) is 37.0. The highest BCUT2D eigenvalue weighted by Crippen LogP contribution is 2.41. The van der Waals surface area contributed by atoms with Crippen molar-refractivity contribution in [3.8, 4) is 22.3 Å². The van der Waals surface area contributed by atoms with Gasteiger partial charge in [0, 0.05) is 33.5 Å². The quantitative estimate of drug-likeness (QED) is 0.164. The van der Waals surface area contributed by atoms with E-state index in [4.69, 9.17) is 14.4 Å². The average molecular weight is 715 g/mol. The van der Waals surface area contributed by atoms with Crippen LogP contribution in [0.3, 0.4) is 0 Å². The number of nitrogens with zero attached hydrogens (tertiary/aromatic N) is 2. The molecule has 0 unspecified atom stereocenters. The lowest BCUT2D eigenvalue weighted by Crippen LogP contribution is -2.09. The minimum absolute atomic E-state index is 0.639. The van der Waals surface area contributed by atoms with Crippen molar-refractivity contribution in [1.82, 2.24) is 0 Å². The molecule has 1 aliphatic heterocycles. The van der Waals surface area contributed by atoms with E-state index in [-0.39, 0.29) is 0 Å². The molecule has 11 rings (SSSR count). The van der Waals surface area contributed by atoms with Gasteiger partial charge in [0.1, 0.15) is 16.9 Å². The molecule has 1 aromatic heterocycles. The maximum Gasteiger partial charge on any atom is 0.161 e. The zero-order valence-electron chi connectivity index (χ0n) is 30.5. The van der Waals surface area contributed by atoms with Gasteiger partial charge in [0.25, 0.3) is 0 Å². The Morgan fingerprint density at radius 1 is 0.500 bits per heavy atom. The largest absolute Gasteiger partial charge is 0.456 e. The average Bonchev–Trinajstić information content (AvgIpc) is 3.49. The smallest absolute Gasteiger partial charge is 0.161 e. The number of aliphatic imine (C=N–C) groups is 2. The normalized spacial score (nSPS) is 13.8.